The molecule has 0 spiro atoms. The predicted molar refractivity (Wildman–Crippen MR) is 396 cm³/mol. The van der Waals surface area contributed by atoms with Crippen LogP contribution in [0.25, 0.3) is 38.6 Å². The van der Waals surface area contributed by atoms with Gasteiger partial charge >= 0.3 is 556 Å². The Morgan fingerprint density at radius 1 is 0.312 bits per heavy atom. The maximum absolute atomic E-state index is 2.72. The van der Waals surface area contributed by atoms with E-state index in [4.69, 9.17) is 0 Å². The molecule has 5 nitrogen and oxygen atoms in total. The molecule has 14 aromatic carbocycles. The van der Waals surface area contributed by atoms with Gasteiger partial charge in [0.2, 0.25) is 0 Å². The fraction of sp³-hybridized carbons (Fsp3) is 0. The van der Waals surface area contributed by atoms with Crippen LogP contribution in [-0.4, -0.2) is 32.9 Å². The van der Waals surface area contributed by atoms with Gasteiger partial charge in [-0.3, -0.25) is 0 Å². The molecule has 1 aromatic heterocycles. The number of anilines is 12. The van der Waals surface area contributed by atoms with Crippen molar-refractivity contribution in [1.82, 2.24) is 4.57 Å². The van der Waals surface area contributed by atoms with E-state index in [2.05, 4.69) is 358 Å². The van der Waals surface area contributed by atoms with Crippen molar-refractivity contribution in [2.45, 2.75) is 9.79 Å². The van der Waals surface area contributed by atoms with Crippen molar-refractivity contribution in [3.05, 3.63) is 334 Å². The number of aromatic nitrogens is 1. The minimum atomic E-state index is -0.238. The number of para-hydroxylation sites is 11. The van der Waals surface area contributed by atoms with Crippen molar-refractivity contribution in [2.24, 2.45) is 0 Å². The molecular weight excluding hydrogens is 1210 g/mol. The summed E-state index contributed by atoms with van der Waals surface area (Å²) in [4.78, 5) is 12.6. The number of hydrogen-bond donors (Lipinski definition) is 0. The van der Waals surface area contributed by atoms with Gasteiger partial charge in [0.1, 0.15) is 0 Å². The van der Waals surface area contributed by atoms with E-state index >= 15 is 0 Å². The van der Waals surface area contributed by atoms with Crippen LogP contribution in [0.1, 0.15) is 0 Å². The van der Waals surface area contributed by atoms with Gasteiger partial charge in [-0.15, -0.1) is 0 Å². The van der Waals surface area contributed by atoms with Crippen LogP contribution in [0.2, 0.25) is 0 Å². The summed E-state index contributed by atoms with van der Waals surface area (Å²) in [6.45, 7) is -0.223. The summed E-state index contributed by atoms with van der Waals surface area (Å²) < 4.78 is 5.35. The first-order valence-corrected chi connectivity index (χ1v) is 34.4. The quantitative estimate of drug-likeness (QED) is 0.127. The monoisotopic (exact) mass is 1270 g/mol. The molecule has 0 N–H and O–H groups in total. The average molecular weight is 1270 g/mol. The summed E-state index contributed by atoms with van der Waals surface area (Å²) in [6, 6.07) is 124. The molecule has 0 aliphatic carbocycles. The van der Waals surface area contributed by atoms with Gasteiger partial charge in [-0.2, -0.15) is 0 Å². The number of fused-ring (bicyclic) bond motifs is 11. The van der Waals surface area contributed by atoms with E-state index in [1.54, 1.807) is 0 Å². The van der Waals surface area contributed by atoms with Crippen molar-refractivity contribution in [3.63, 3.8) is 0 Å². The molecule has 0 radical (unpaired) electrons. The maximum atomic E-state index is 2.72. The van der Waals surface area contributed by atoms with E-state index in [-0.39, 0.29) is 28.4 Å². The third-order valence-corrected chi connectivity index (χ3v) is 22.9. The van der Waals surface area contributed by atoms with Crippen LogP contribution in [0.3, 0.4) is 0 Å². The second-order valence-corrected chi connectivity index (χ2v) is 27.5. The minimum absolute atomic E-state index is 0.101. The number of nitrogens with zero attached hydrogens (tertiary/aromatic N) is 5. The topological polar surface area (TPSA) is 17.9 Å². The molecule has 0 bridgehead atoms. The van der Waals surface area contributed by atoms with Crippen LogP contribution < -0.4 is 61.3 Å². The SMILES string of the molecule is c1ccc(N(c2ccccc2)c2cc3c4c(c2)N(c2ccccc2)c2ccccc2B4c2cc4c(c(-c5ccccc5-n5c6ccccc6c6ccccc65)c2S3)[Se]c2cc(N(c3ccccc3)c3ccccc3)cc3c2B4c2ccccc2N3c2ccccc2)cc1. The van der Waals surface area contributed by atoms with Gasteiger partial charge < -0.3 is 0 Å². The Hall–Kier alpha value is -10.9. The van der Waals surface area contributed by atoms with Gasteiger partial charge in [-0.1, -0.05) is 0 Å². The Bertz CT molecular complexity index is 5050. The van der Waals surface area contributed by atoms with E-state index in [9.17, 15) is 0 Å². The molecule has 0 atom stereocenters. The van der Waals surface area contributed by atoms with Crippen molar-refractivity contribution in [1.29, 1.82) is 0 Å². The zero-order chi connectivity index (χ0) is 61.1. The molecule has 0 unspecified atom stereocenters. The third kappa shape index (κ3) is 8.51. The van der Waals surface area contributed by atoms with Crippen molar-refractivity contribution in [3.8, 4) is 16.8 Å². The summed E-state index contributed by atoms with van der Waals surface area (Å²) in [5.74, 6) is 0. The van der Waals surface area contributed by atoms with Crippen LogP contribution >= 0.6 is 11.8 Å². The van der Waals surface area contributed by atoms with Gasteiger partial charge in [0.15, 0.2) is 0 Å². The molecule has 5 heterocycles. The van der Waals surface area contributed by atoms with Gasteiger partial charge in [0, 0.05) is 0 Å². The zero-order valence-corrected chi connectivity index (χ0v) is 53.0. The van der Waals surface area contributed by atoms with Crippen molar-refractivity contribution in [2.75, 3.05) is 19.6 Å². The Kier molecular flexibility index (Phi) is 12.7. The molecule has 19 rings (SSSR count). The van der Waals surface area contributed by atoms with Crippen LogP contribution in [0.5, 0.6) is 0 Å². The zero-order valence-electron chi connectivity index (χ0n) is 50.5. The molecule has 93 heavy (non-hydrogen) atoms. The van der Waals surface area contributed by atoms with Crippen LogP contribution in [0.15, 0.2) is 343 Å². The standard InChI is InChI=1S/C84H55B2N5SSe/c1-7-29-56(30-8-1)87(57-31-9-2-10-32-57)62-51-76-81-78(53-62)92-83-69(85(81)67-44-22-27-49-74(67)89(76)60-37-15-5-16-38-60)55-70-84(80(83)66-43-21-26-48-73(66)91-71-46-24-19-41-64(71)65-42-20-25-47-72(65)91)93-79-54-63(88(58-33-11-3-12-34-58)59-35-13-4-14-36-59)52-77-82(79)86(70)68-45-23-28-50-75(68)90(77)61-39-17-6-18-40-61/h1-55H. The summed E-state index contributed by atoms with van der Waals surface area (Å²) >= 11 is 1.74. The van der Waals surface area contributed by atoms with E-state index < -0.39 is 0 Å². The molecule has 0 fully saturated rings. The molecule has 0 saturated carbocycles. The summed E-state index contributed by atoms with van der Waals surface area (Å²) in [5, 5.41) is 2.49. The average Bonchev–Trinajstić information content (AvgIpc) is 1.00. The fourth-order valence-corrected chi connectivity index (χ4v) is 19.7. The molecule has 15 aromatic rings. The predicted octanol–water partition coefficient (Wildman–Crippen LogP) is 16.4. The molecule has 4 aliphatic rings. The Balaban J connectivity index is 0.943. The van der Waals surface area contributed by atoms with Crippen LogP contribution in [0, 0.1) is 0 Å². The van der Waals surface area contributed by atoms with Gasteiger partial charge in [0.25, 0.3) is 0 Å². The molecule has 0 amide bonds. The number of hydrogen-bond acceptors (Lipinski definition) is 5. The third-order valence-electron chi connectivity index (χ3n) is 19.2. The first-order valence-electron chi connectivity index (χ1n) is 31.9. The molecule has 4 aliphatic heterocycles. The Morgan fingerprint density at radius 2 is 0.720 bits per heavy atom. The van der Waals surface area contributed by atoms with E-state index in [1.165, 1.54) is 113 Å². The number of benzene rings is 14. The Labute approximate surface area is 552 Å². The summed E-state index contributed by atoms with van der Waals surface area (Å²) in [5.41, 5.74) is 27.8. The number of rotatable bonds is 10. The normalized spacial score (nSPS) is 13.0. The second kappa shape index (κ2) is 21.9. The van der Waals surface area contributed by atoms with Crippen molar-refractivity contribution < 1.29 is 0 Å². The molecular formula is C84H55B2N5SSe. The summed E-state index contributed by atoms with van der Waals surface area (Å²) in [7, 11) is 0. The van der Waals surface area contributed by atoms with E-state index in [1.807, 2.05) is 11.8 Å². The Morgan fingerprint density at radius 3 is 1.24 bits per heavy atom. The van der Waals surface area contributed by atoms with Gasteiger partial charge in [-0.25, -0.2) is 0 Å². The second-order valence-electron chi connectivity index (χ2n) is 24.3. The van der Waals surface area contributed by atoms with Gasteiger partial charge in [-0.05, 0) is 0 Å². The fourth-order valence-electron chi connectivity index (χ4n) is 15.4. The van der Waals surface area contributed by atoms with Crippen molar-refractivity contribution >= 4 is 172 Å². The molecule has 434 valence electrons. The van der Waals surface area contributed by atoms with Crippen LogP contribution in [0.4, 0.5) is 68.2 Å². The molecule has 0 saturated heterocycles. The van der Waals surface area contributed by atoms with Crippen LogP contribution in [-0.2, 0) is 0 Å². The van der Waals surface area contributed by atoms with E-state index in [0.29, 0.717) is 0 Å². The first kappa shape index (κ1) is 53.9. The first-order chi connectivity index (χ1) is 46.2. The summed E-state index contributed by atoms with van der Waals surface area (Å²) in [6.07, 6.45) is 0. The van der Waals surface area contributed by atoms with E-state index in [0.717, 1.165) is 45.5 Å². The molecule has 9 heteroatoms. The van der Waals surface area contributed by atoms with Gasteiger partial charge in [0.05, 0.1) is 0 Å².